The molecular formula is C9H12FNO2. The Morgan fingerprint density at radius 2 is 2.00 bits per heavy atom. The molecule has 0 atom stereocenters. The van der Waals surface area contributed by atoms with Crippen LogP contribution in [0.4, 0.5) is 4.39 Å². The second-order valence-electron chi connectivity index (χ2n) is 2.49. The van der Waals surface area contributed by atoms with Crippen LogP contribution in [0.3, 0.4) is 0 Å². The topological polar surface area (TPSA) is 44.5 Å². The van der Waals surface area contributed by atoms with Gasteiger partial charge in [-0.3, -0.25) is 0 Å². The first-order chi connectivity index (χ1) is 6.22. The first-order valence-electron chi connectivity index (χ1n) is 3.83. The van der Waals surface area contributed by atoms with Gasteiger partial charge in [0.1, 0.15) is 17.3 Å². The van der Waals surface area contributed by atoms with E-state index in [2.05, 4.69) is 0 Å². The van der Waals surface area contributed by atoms with Crippen molar-refractivity contribution in [1.82, 2.24) is 0 Å². The van der Waals surface area contributed by atoms with Gasteiger partial charge in [-0.05, 0) is 0 Å². The van der Waals surface area contributed by atoms with Crippen molar-refractivity contribution in [2.24, 2.45) is 5.73 Å². The Morgan fingerprint density at radius 1 is 1.31 bits per heavy atom. The monoisotopic (exact) mass is 185 g/mol. The Kier molecular flexibility index (Phi) is 3.08. The molecule has 0 aromatic heterocycles. The molecule has 0 aliphatic carbocycles. The van der Waals surface area contributed by atoms with Crippen LogP contribution in [0, 0.1) is 5.82 Å². The maximum absolute atomic E-state index is 13.2. The van der Waals surface area contributed by atoms with E-state index in [1.807, 2.05) is 0 Å². The van der Waals surface area contributed by atoms with Gasteiger partial charge < -0.3 is 15.2 Å². The molecule has 0 saturated carbocycles. The van der Waals surface area contributed by atoms with Crippen LogP contribution in [0.1, 0.15) is 5.56 Å². The zero-order valence-corrected chi connectivity index (χ0v) is 7.63. The fourth-order valence-corrected chi connectivity index (χ4v) is 1.09. The first kappa shape index (κ1) is 9.80. The lowest BCUT2D eigenvalue weighted by Gasteiger charge is -2.09. The molecular weight excluding hydrogens is 173 g/mol. The van der Waals surface area contributed by atoms with Crippen LogP contribution >= 0.6 is 0 Å². The molecule has 0 amide bonds. The third-order valence-corrected chi connectivity index (χ3v) is 1.79. The smallest absolute Gasteiger partial charge is 0.135 e. The van der Waals surface area contributed by atoms with E-state index < -0.39 is 5.82 Å². The van der Waals surface area contributed by atoms with Crippen molar-refractivity contribution in [2.75, 3.05) is 14.2 Å². The van der Waals surface area contributed by atoms with Crippen LogP contribution < -0.4 is 15.2 Å². The molecule has 1 aromatic rings. The molecule has 1 rings (SSSR count). The highest BCUT2D eigenvalue weighted by Crippen LogP contribution is 2.27. The number of rotatable bonds is 3. The average Bonchev–Trinajstić information content (AvgIpc) is 2.16. The fraction of sp³-hybridized carbons (Fsp3) is 0.333. The molecule has 3 nitrogen and oxygen atoms in total. The maximum Gasteiger partial charge on any atom is 0.135 e. The van der Waals surface area contributed by atoms with Crippen LogP contribution in [0.15, 0.2) is 12.1 Å². The zero-order valence-electron chi connectivity index (χ0n) is 7.63. The number of methoxy groups -OCH3 is 2. The second kappa shape index (κ2) is 4.09. The average molecular weight is 185 g/mol. The molecule has 0 aliphatic heterocycles. The molecule has 0 saturated heterocycles. The van der Waals surface area contributed by atoms with Crippen molar-refractivity contribution >= 4 is 0 Å². The van der Waals surface area contributed by atoms with Gasteiger partial charge in [0, 0.05) is 24.2 Å². The SMILES string of the molecule is COc1cc(F)c(CN)c(OC)c1. The summed E-state index contributed by atoms with van der Waals surface area (Å²) in [7, 11) is 2.93. The van der Waals surface area contributed by atoms with E-state index in [1.54, 1.807) is 6.07 Å². The van der Waals surface area contributed by atoms with Gasteiger partial charge in [-0.2, -0.15) is 0 Å². The minimum absolute atomic E-state index is 0.110. The number of hydrogen-bond donors (Lipinski definition) is 1. The maximum atomic E-state index is 13.2. The molecule has 0 fully saturated rings. The molecule has 13 heavy (non-hydrogen) atoms. The van der Waals surface area contributed by atoms with E-state index in [4.69, 9.17) is 15.2 Å². The Balaban J connectivity index is 3.20. The number of halogens is 1. The lowest BCUT2D eigenvalue weighted by Crippen LogP contribution is -2.03. The number of hydrogen-bond acceptors (Lipinski definition) is 3. The third kappa shape index (κ3) is 1.89. The molecule has 0 bridgehead atoms. The van der Waals surface area contributed by atoms with Gasteiger partial charge in [0.05, 0.1) is 14.2 Å². The summed E-state index contributed by atoms with van der Waals surface area (Å²) in [6.07, 6.45) is 0. The van der Waals surface area contributed by atoms with Gasteiger partial charge in [-0.1, -0.05) is 0 Å². The summed E-state index contributed by atoms with van der Waals surface area (Å²) in [5, 5.41) is 0. The lowest BCUT2D eigenvalue weighted by molar-refractivity contribution is 0.384. The Bertz CT molecular complexity index is 302. The molecule has 0 spiro atoms. The van der Waals surface area contributed by atoms with E-state index in [0.717, 1.165) is 0 Å². The molecule has 72 valence electrons. The Labute approximate surface area is 76.3 Å². The summed E-state index contributed by atoms with van der Waals surface area (Å²) in [5.41, 5.74) is 5.72. The van der Waals surface area contributed by atoms with E-state index in [-0.39, 0.29) is 6.54 Å². The second-order valence-corrected chi connectivity index (χ2v) is 2.49. The highest BCUT2D eigenvalue weighted by atomic mass is 19.1. The summed E-state index contributed by atoms with van der Waals surface area (Å²) in [6, 6.07) is 2.88. The summed E-state index contributed by atoms with van der Waals surface area (Å²) < 4.78 is 23.1. The highest BCUT2D eigenvalue weighted by molar-refractivity contribution is 5.41. The third-order valence-electron chi connectivity index (χ3n) is 1.79. The van der Waals surface area contributed by atoms with Gasteiger partial charge in [0.25, 0.3) is 0 Å². The van der Waals surface area contributed by atoms with Gasteiger partial charge >= 0.3 is 0 Å². The quantitative estimate of drug-likeness (QED) is 0.772. The summed E-state index contributed by atoms with van der Waals surface area (Å²) in [4.78, 5) is 0. The van der Waals surface area contributed by atoms with Crippen LogP contribution in [0.25, 0.3) is 0 Å². The minimum atomic E-state index is -0.404. The molecule has 2 N–H and O–H groups in total. The largest absolute Gasteiger partial charge is 0.497 e. The number of nitrogens with two attached hydrogens (primary N) is 1. The normalized spacial score (nSPS) is 9.85. The Hall–Kier alpha value is -1.29. The first-order valence-corrected chi connectivity index (χ1v) is 3.83. The van der Waals surface area contributed by atoms with E-state index in [1.165, 1.54) is 20.3 Å². The van der Waals surface area contributed by atoms with Gasteiger partial charge in [0.15, 0.2) is 0 Å². The lowest BCUT2D eigenvalue weighted by atomic mass is 10.2. The predicted octanol–water partition coefficient (Wildman–Crippen LogP) is 1.30. The molecule has 4 heteroatoms. The summed E-state index contributed by atoms with van der Waals surface area (Å²) in [5.74, 6) is 0.435. The minimum Gasteiger partial charge on any atom is -0.497 e. The van der Waals surface area contributed by atoms with Crippen LogP contribution in [0.2, 0.25) is 0 Å². The van der Waals surface area contributed by atoms with Crippen molar-refractivity contribution in [3.05, 3.63) is 23.5 Å². The van der Waals surface area contributed by atoms with Gasteiger partial charge in [0.2, 0.25) is 0 Å². The van der Waals surface area contributed by atoms with Crippen molar-refractivity contribution in [3.63, 3.8) is 0 Å². The Morgan fingerprint density at radius 3 is 2.46 bits per heavy atom. The molecule has 0 aliphatic rings. The fourth-order valence-electron chi connectivity index (χ4n) is 1.09. The van der Waals surface area contributed by atoms with Crippen molar-refractivity contribution < 1.29 is 13.9 Å². The van der Waals surface area contributed by atoms with Crippen molar-refractivity contribution in [1.29, 1.82) is 0 Å². The van der Waals surface area contributed by atoms with Crippen molar-refractivity contribution in [2.45, 2.75) is 6.54 Å². The summed E-state index contributed by atoms with van der Waals surface area (Å²) >= 11 is 0. The summed E-state index contributed by atoms with van der Waals surface area (Å²) in [6.45, 7) is 0.110. The van der Waals surface area contributed by atoms with Gasteiger partial charge in [-0.25, -0.2) is 4.39 Å². The van der Waals surface area contributed by atoms with Crippen molar-refractivity contribution in [3.8, 4) is 11.5 Å². The standard InChI is InChI=1S/C9H12FNO2/c1-12-6-3-8(10)7(5-11)9(4-6)13-2/h3-4H,5,11H2,1-2H3. The van der Waals surface area contributed by atoms with E-state index in [0.29, 0.717) is 17.1 Å². The van der Waals surface area contributed by atoms with Crippen LogP contribution in [-0.2, 0) is 6.54 Å². The van der Waals surface area contributed by atoms with Gasteiger partial charge in [-0.15, -0.1) is 0 Å². The van der Waals surface area contributed by atoms with E-state index in [9.17, 15) is 4.39 Å². The van der Waals surface area contributed by atoms with E-state index >= 15 is 0 Å². The molecule has 0 radical (unpaired) electrons. The molecule has 0 unspecified atom stereocenters. The van der Waals surface area contributed by atoms with Crippen LogP contribution in [0.5, 0.6) is 11.5 Å². The molecule has 0 heterocycles. The number of ether oxygens (including phenoxy) is 2. The number of benzene rings is 1. The highest BCUT2D eigenvalue weighted by Gasteiger charge is 2.09. The zero-order chi connectivity index (χ0) is 9.84. The van der Waals surface area contributed by atoms with Crippen LogP contribution in [-0.4, -0.2) is 14.2 Å². The molecule has 1 aromatic carbocycles. The predicted molar refractivity (Wildman–Crippen MR) is 47.4 cm³/mol.